The highest BCUT2D eigenvalue weighted by Crippen LogP contribution is 2.29. The number of nitrogens with one attached hydrogen (secondary N) is 2. The molecule has 1 unspecified atom stereocenters. The van der Waals surface area contributed by atoms with Crippen LogP contribution in [0, 0.1) is 0 Å². The number of nitrogens with zero attached hydrogens (tertiary/aromatic N) is 2. The predicted octanol–water partition coefficient (Wildman–Crippen LogP) is 3.45. The highest BCUT2D eigenvalue weighted by molar-refractivity contribution is 6.42. The van der Waals surface area contributed by atoms with Crippen LogP contribution in [0.25, 0.3) is 0 Å². The minimum atomic E-state index is -0.147. The van der Waals surface area contributed by atoms with E-state index in [1.165, 1.54) is 0 Å². The van der Waals surface area contributed by atoms with E-state index in [0.717, 1.165) is 31.0 Å². The molecule has 1 fully saturated rings. The second kappa shape index (κ2) is 8.96. The van der Waals surface area contributed by atoms with Gasteiger partial charge in [0.05, 0.1) is 10.0 Å². The maximum Gasteiger partial charge on any atom is 0.222 e. The number of likely N-dealkylation sites (tertiary alicyclic amines) is 1. The highest BCUT2D eigenvalue weighted by Gasteiger charge is 2.27. The minimum Gasteiger partial charge on any atom is -0.356 e. The van der Waals surface area contributed by atoms with Gasteiger partial charge in [-0.2, -0.15) is 0 Å². The van der Waals surface area contributed by atoms with Gasteiger partial charge in [0.15, 0.2) is 5.96 Å². The topological polar surface area (TPSA) is 56.7 Å². The maximum absolute atomic E-state index is 11.8. The van der Waals surface area contributed by atoms with Gasteiger partial charge in [0, 0.05) is 44.6 Å². The van der Waals surface area contributed by atoms with Gasteiger partial charge in [-0.1, -0.05) is 50.0 Å². The van der Waals surface area contributed by atoms with Gasteiger partial charge in [-0.05, 0) is 24.1 Å². The van der Waals surface area contributed by atoms with Crippen molar-refractivity contribution in [2.75, 3.05) is 26.7 Å². The first-order chi connectivity index (χ1) is 12.3. The summed E-state index contributed by atoms with van der Waals surface area (Å²) in [6.07, 6.45) is 1.49. The molecule has 1 atom stereocenters. The normalized spacial score (nSPS) is 18.2. The Morgan fingerprint density at radius 3 is 2.69 bits per heavy atom. The fourth-order valence-corrected chi connectivity index (χ4v) is 3.34. The van der Waals surface area contributed by atoms with Gasteiger partial charge in [-0.15, -0.1) is 0 Å². The molecule has 144 valence electrons. The second-order valence-electron chi connectivity index (χ2n) is 7.26. The number of benzene rings is 1. The number of aliphatic imine (C=N–C) groups is 1. The molecule has 1 amide bonds. The molecule has 2 rings (SSSR count). The minimum absolute atomic E-state index is 0.147. The lowest BCUT2D eigenvalue weighted by Gasteiger charge is -2.28. The molecule has 1 saturated heterocycles. The molecule has 2 N–H and O–H groups in total. The van der Waals surface area contributed by atoms with Crippen LogP contribution in [0.15, 0.2) is 23.2 Å². The third-order valence-electron chi connectivity index (χ3n) is 4.81. The van der Waals surface area contributed by atoms with Crippen molar-refractivity contribution in [3.8, 4) is 0 Å². The third kappa shape index (κ3) is 5.27. The maximum atomic E-state index is 11.8. The number of halogens is 2. The Labute approximate surface area is 166 Å². The van der Waals surface area contributed by atoms with E-state index in [2.05, 4.69) is 29.5 Å². The highest BCUT2D eigenvalue weighted by atomic mass is 35.5. The van der Waals surface area contributed by atoms with Crippen LogP contribution in [0.3, 0.4) is 0 Å². The van der Waals surface area contributed by atoms with Crippen molar-refractivity contribution < 1.29 is 4.79 Å². The van der Waals surface area contributed by atoms with Gasteiger partial charge in [-0.3, -0.25) is 9.79 Å². The smallest absolute Gasteiger partial charge is 0.222 e. The Morgan fingerprint density at radius 2 is 2.08 bits per heavy atom. The van der Waals surface area contributed by atoms with Crippen LogP contribution in [0.1, 0.15) is 39.2 Å². The largest absolute Gasteiger partial charge is 0.356 e. The lowest BCUT2D eigenvalue weighted by atomic mass is 9.84. The monoisotopic (exact) mass is 398 g/mol. The number of amides is 1. The fourth-order valence-electron chi connectivity index (χ4n) is 3.04. The third-order valence-corrected chi connectivity index (χ3v) is 5.55. The molecule has 1 aromatic rings. The van der Waals surface area contributed by atoms with E-state index in [4.69, 9.17) is 23.2 Å². The molecule has 0 radical (unpaired) electrons. The quantitative estimate of drug-likeness (QED) is 0.589. The summed E-state index contributed by atoms with van der Waals surface area (Å²) in [6.45, 7) is 8.40. The van der Waals surface area contributed by atoms with Crippen molar-refractivity contribution in [2.45, 2.75) is 45.1 Å². The van der Waals surface area contributed by atoms with Crippen LogP contribution in [0.4, 0.5) is 0 Å². The van der Waals surface area contributed by atoms with E-state index in [1.807, 2.05) is 30.0 Å². The van der Waals surface area contributed by atoms with Crippen molar-refractivity contribution in [3.05, 3.63) is 33.8 Å². The van der Waals surface area contributed by atoms with E-state index in [9.17, 15) is 4.79 Å². The molecule has 0 aliphatic carbocycles. The van der Waals surface area contributed by atoms with Crippen molar-refractivity contribution in [3.63, 3.8) is 0 Å². The van der Waals surface area contributed by atoms with Crippen LogP contribution in [0.5, 0.6) is 0 Å². The summed E-state index contributed by atoms with van der Waals surface area (Å²) in [4.78, 5) is 18.0. The molecule has 0 spiro atoms. The predicted molar refractivity (Wildman–Crippen MR) is 109 cm³/mol. The summed E-state index contributed by atoms with van der Waals surface area (Å²) >= 11 is 12.2. The standard InChI is InChI=1S/C19H28Cl2N4O/c1-5-17(26)25-9-8-14(11-25)24-18(22-4)23-12-19(2,3)13-6-7-15(20)16(21)10-13/h6-7,10,14H,5,8-9,11-12H2,1-4H3,(H2,22,23,24). The SMILES string of the molecule is CCC(=O)N1CCC(NC(=NC)NCC(C)(C)c2ccc(Cl)c(Cl)c2)C1. The zero-order valence-corrected chi connectivity index (χ0v) is 17.4. The number of hydrogen-bond acceptors (Lipinski definition) is 2. The summed E-state index contributed by atoms with van der Waals surface area (Å²) in [7, 11) is 1.76. The number of hydrogen-bond donors (Lipinski definition) is 2. The Hall–Kier alpha value is -1.46. The fraction of sp³-hybridized carbons (Fsp3) is 0.579. The first-order valence-electron chi connectivity index (χ1n) is 8.97. The van der Waals surface area contributed by atoms with Crippen LogP contribution >= 0.6 is 23.2 Å². The number of carbonyl (C=O) groups is 1. The van der Waals surface area contributed by atoms with Gasteiger partial charge in [0.25, 0.3) is 0 Å². The van der Waals surface area contributed by atoms with Crippen LogP contribution < -0.4 is 10.6 Å². The Bertz CT molecular complexity index is 676. The average molecular weight is 399 g/mol. The van der Waals surface area contributed by atoms with Crippen LogP contribution in [-0.2, 0) is 10.2 Å². The summed E-state index contributed by atoms with van der Waals surface area (Å²) in [6, 6.07) is 5.96. The van der Waals surface area contributed by atoms with Crippen LogP contribution in [0.2, 0.25) is 10.0 Å². The summed E-state index contributed by atoms with van der Waals surface area (Å²) < 4.78 is 0. The molecule has 1 aliphatic heterocycles. The summed E-state index contributed by atoms with van der Waals surface area (Å²) in [5, 5.41) is 7.92. The van der Waals surface area contributed by atoms with Crippen molar-refractivity contribution in [1.82, 2.24) is 15.5 Å². The number of guanidine groups is 1. The van der Waals surface area contributed by atoms with E-state index < -0.39 is 0 Å². The number of rotatable bonds is 5. The molecule has 0 aromatic heterocycles. The average Bonchev–Trinajstić information content (AvgIpc) is 3.08. The van der Waals surface area contributed by atoms with Gasteiger partial charge < -0.3 is 15.5 Å². The molecule has 1 aromatic carbocycles. The van der Waals surface area contributed by atoms with Gasteiger partial charge in [-0.25, -0.2) is 0 Å². The van der Waals surface area contributed by atoms with Crippen molar-refractivity contribution in [1.29, 1.82) is 0 Å². The van der Waals surface area contributed by atoms with Crippen molar-refractivity contribution in [2.24, 2.45) is 4.99 Å². The van der Waals surface area contributed by atoms with E-state index in [-0.39, 0.29) is 17.4 Å². The van der Waals surface area contributed by atoms with E-state index in [1.54, 1.807) is 7.05 Å². The van der Waals surface area contributed by atoms with E-state index in [0.29, 0.717) is 23.0 Å². The molecule has 0 bridgehead atoms. The zero-order chi connectivity index (χ0) is 19.3. The van der Waals surface area contributed by atoms with E-state index >= 15 is 0 Å². The molecule has 5 nitrogen and oxygen atoms in total. The van der Waals surface area contributed by atoms with Gasteiger partial charge in [0.2, 0.25) is 5.91 Å². The van der Waals surface area contributed by atoms with Gasteiger partial charge >= 0.3 is 0 Å². The Kier molecular flexibility index (Phi) is 7.18. The molecule has 0 saturated carbocycles. The lowest BCUT2D eigenvalue weighted by molar-refractivity contribution is -0.129. The summed E-state index contributed by atoms with van der Waals surface area (Å²) in [5.74, 6) is 0.951. The summed E-state index contributed by atoms with van der Waals surface area (Å²) in [5.41, 5.74) is 0.960. The molecular weight excluding hydrogens is 371 g/mol. The van der Waals surface area contributed by atoms with Gasteiger partial charge in [0.1, 0.15) is 0 Å². The van der Waals surface area contributed by atoms with Crippen LogP contribution in [-0.4, -0.2) is 49.5 Å². The molecular formula is C19H28Cl2N4O. The first-order valence-corrected chi connectivity index (χ1v) is 9.73. The first kappa shape index (κ1) is 20.8. The molecule has 26 heavy (non-hydrogen) atoms. The molecule has 1 aliphatic rings. The molecule has 7 heteroatoms. The number of carbonyl (C=O) groups excluding carboxylic acids is 1. The zero-order valence-electron chi connectivity index (χ0n) is 15.9. The lowest BCUT2D eigenvalue weighted by Crippen LogP contribution is -2.48. The Morgan fingerprint density at radius 1 is 1.35 bits per heavy atom. The molecule has 1 heterocycles. The second-order valence-corrected chi connectivity index (χ2v) is 8.08. The Balaban J connectivity index is 1.92. The van der Waals surface area contributed by atoms with Crippen molar-refractivity contribution >= 4 is 35.1 Å².